The van der Waals surface area contributed by atoms with E-state index in [4.69, 9.17) is 23.7 Å². The number of aliphatic hydroxyl groups excluding tert-OH is 1. The van der Waals surface area contributed by atoms with E-state index < -0.39 is 11.7 Å². The molecule has 0 bridgehead atoms. The molecule has 9 heteroatoms. The Labute approximate surface area is 281 Å². The lowest BCUT2D eigenvalue weighted by Gasteiger charge is -2.64. The summed E-state index contributed by atoms with van der Waals surface area (Å²) in [6.45, 7) is 20.5. The van der Waals surface area contributed by atoms with Gasteiger partial charge in [-0.1, -0.05) is 34.6 Å². The van der Waals surface area contributed by atoms with Crippen LogP contribution in [0.25, 0.3) is 0 Å². The molecule has 5 aliphatic carbocycles. The zero-order valence-corrected chi connectivity index (χ0v) is 29.9. The molecule has 2 spiro atoms. The van der Waals surface area contributed by atoms with Crippen molar-refractivity contribution in [3.63, 3.8) is 0 Å². The maximum absolute atomic E-state index is 12.6. The van der Waals surface area contributed by atoms with Crippen molar-refractivity contribution in [2.45, 2.75) is 148 Å². The zero-order valence-electron chi connectivity index (χ0n) is 29.9. The number of hydrogen-bond acceptors (Lipinski definition) is 8. The third-order valence-electron chi connectivity index (χ3n) is 17.0. The molecule has 9 aliphatic rings. The maximum atomic E-state index is 12.6. The van der Waals surface area contributed by atoms with Crippen molar-refractivity contribution in [1.82, 2.24) is 10.2 Å². The van der Waals surface area contributed by atoms with E-state index in [1.807, 2.05) is 13.8 Å². The zero-order chi connectivity index (χ0) is 32.9. The molecule has 1 amide bonds. The minimum atomic E-state index is -0.634. The number of amides is 1. The van der Waals surface area contributed by atoms with Crippen LogP contribution in [0.4, 0.5) is 4.79 Å². The van der Waals surface area contributed by atoms with Crippen LogP contribution in [-0.2, 0) is 23.7 Å². The summed E-state index contributed by atoms with van der Waals surface area (Å²) >= 11 is 0. The summed E-state index contributed by atoms with van der Waals surface area (Å²) in [5.74, 6) is 1.84. The van der Waals surface area contributed by atoms with Crippen LogP contribution in [-0.4, -0.2) is 97.4 Å². The number of alkyl carbamates (subject to hydrolysis) is 1. The fourth-order valence-corrected chi connectivity index (χ4v) is 14.6. The van der Waals surface area contributed by atoms with Gasteiger partial charge in [0.1, 0.15) is 5.60 Å². The van der Waals surface area contributed by atoms with Gasteiger partial charge >= 0.3 is 6.09 Å². The normalized spacial score (nSPS) is 56.1. The summed E-state index contributed by atoms with van der Waals surface area (Å²) in [6, 6.07) is 0.308. The van der Waals surface area contributed by atoms with E-state index in [2.05, 4.69) is 44.8 Å². The van der Waals surface area contributed by atoms with Gasteiger partial charge < -0.3 is 34.1 Å². The standard InChI is InChI=1S/C38H60N2O7/c1-21-16-23(30-34(4,5)47-32(42)39-30)45-29-28(21)35(6)12-13-38-20-37(38)11-10-26(46-27-17-40(14-15-44-27)22-18-43-19-22)33(2,3)24(37)8-9-25(38)36(35,7)31(29)41/h21-31,41H,8-20H2,1-7H3,(H,39,42)/t21-,23-,24+,25+,26?,27?,28+,29+,30+,31+,35-,36-,37?,38+/m1/s1. The molecular weight excluding hydrogens is 596 g/mol. The van der Waals surface area contributed by atoms with E-state index in [1.54, 1.807) is 0 Å². The number of hydrogen-bond donors (Lipinski definition) is 2. The van der Waals surface area contributed by atoms with Crippen molar-refractivity contribution in [3.05, 3.63) is 0 Å². The van der Waals surface area contributed by atoms with Crippen molar-refractivity contribution >= 4 is 6.09 Å². The van der Waals surface area contributed by atoms with Gasteiger partial charge in [-0.3, -0.25) is 4.90 Å². The van der Waals surface area contributed by atoms with E-state index in [1.165, 1.54) is 32.1 Å². The predicted molar refractivity (Wildman–Crippen MR) is 174 cm³/mol. The summed E-state index contributed by atoms with van der Waals surface area (Å²) in [4.78, 5) is 14.8. The first-order chi connectivity index (χ1) is 22.2. The number of carbonyl (C=O) groups is 1. The minimum Gasteiger partial charge on any atom is -0.441 e. The van der Waals surface area contributed by atoms with Gasteiger partial charge in [-0.2, -0.15) is 0 Å². The highest BCUT2D eigenvalue weighted by molar-refractivity contribution is 5.71. The summed E-state index contributed by atoms with van der Waals surface area (Å²) in [5, 5.41) is 15.6. The van der Waals surface area contributed by atoms with Crippen molar-refractivity contribution in [3.8, 4) is 0 Å². The molecule has 9 rings (SSSR count). The first-order valence-electron chi connectivity index (χ1n) is 19.1. The lowest BCUT2D eigenvalue weighted by atomic mass is 9.41. The van der Waals surface area contributed by atoms with Gasteiger partial charge in [-0.05, 0) is 111 Å². The van der Waals surface area contributed by atoms with E-state index in [0.29, 0.717) is 40.5 Å². The summed E-state index contributed by atoms with van der Waals surface area (Å²) in [7, 11) is 0. The average molecular weight is 657 g/mol. The van der Waals surface area contributed by atoms with Crippen LogP contribution in [0, 0.1) is 50.7 Å². The Balaban J connectivity index is 0.956. The molecule has 4 heterocycles. The van der Waals surface area contributed by atoms with Crippen molar-refractivity contribution in [1.29, 1.82) is 0 Å². The Morgan fingerprint density at radius 1 is 0.979 bits per heavy atom. The molecule has 2 N–H and O–H groups in total. The fourth-order valence-electron chi connectivity index (χ4n) is 14.6. The van der Waals surface area contributed by atoms with Crippen LogP contribution in [0.2, 0.25) is 0 Å². The fraction of sp³-hybridized carbons (Fsp3) is 0.974. The van der Waals surface area contributed by atoms with E-state index >= 15 is 0 Å². The largest absolute Gasteiger partial charge is 0.441 e. The molecule has 14 atom stereocenters. The number of ether oxygens (including phenoxy) is 5. The Morgan fingerprint density at radius 3 is 2.43 bits per heavy atom. The molecule has 264 valence electrons. The molecule has 0 radical (unpaired) electrons. The van der Waals surface area contributed by atoms with Crippen LogP contribution in [0.15, 0.2) is 0 Å². The van der Waals surface area contributed by atoms with Crippen LogP contribution in [0.5, 0.6) is 0 Å². The Morgan fingerprint density at radius 2 is 1.72 bits per heavy atom. The van der Waals surface area contributed by atoms with Gasteiger partial charge in [0.2, 0.25) is 0 Å². The molecule has 4 aliphatic heterocycles. The topological polar surface area (TPSA) is 98.7 Å². The molecule has 5 saturated carbocycles. The molecule has 0 aromatic heterocycles. The number of morpholine rings is 1. The molecule has 0 aromatic rings. The lowest BCUT2D eigenvalue weighted by molar-refractivity contribution is -0.256. The first-order valence-corrected chi connectivity index (χ1v) is 19.1. The summed E-state index contributed by atoms with van der Waals surface area (Å²) < 4.78 is 31.2. The summed E-state index contributed by atoms with van der Waals surface area (Å²) in [6.07, 6.45) is 8.15. The van der Waals surface area contributed by atoms with E-state index in [-0.39, 0.29) is 53.0 Å². The monoisotopic (exact) mass is 656 g/mol. The molecule has 47 heavy (non-hydrogen) atoms. The summed E-state index contributed by atoms with van der Waals surface area (Å²) in [5.41, 5.74) is -0.0842. The molecule has 4 saturated heterocycles. The smallest absolute Gasteiger partial charge is 0.408 e. The van der Waals surface area contributed by atoms with Crippen LogP contribution >= 0.6 is 0 Å². The molecule has 0 aromatic carbocycles. The van der Waals surface area contributed by atoms with Crippen LogP contribution in [0.3, 0.4) is 0 Å². The van der Waals surface area contributed by atoms with Crippen molar-refractivity contribution in [2.24, 2.45) is 50.7 Å². The molecular formula is C38H60N2O7. The van der Waals surface area contributed by atoms with E-state index in [9.17, 15) is 9.90 Å². The van der Waals surface area contributed by atoms with Gasteiger partial charge in [0.25, 0.3) is 0 Å². The van der Waals surface area contributed by atoms with Crippen LogP contribution < -0.4 is 5.32 Å². The number of cyclic esters (lactones) is 1. The highest BCUT2D eigenvalue weighted by Crippen LogP contribution is 2.89. The van der Waals surface area contributed by atoms with Crippen LogP contribution in [0.1, 0.15) is 99.8 Å². The lowest BCUT2D eigenvalue weighted by Crippen LogP contribution is -2.60. The number of aliphatic hydroxyl groups is 1. The quantitative estimate of drug-likeness (QED) is 0.430. The number of rotatable bonds is 4. The first kappa shape index (κ1) is 32.0. The maximum Gasteiger partial charge on any atom is 0.408 e. The second-order valence-corrected chi connectivity index (χ2v) is 19.3. The van der Waals surface area contributed by atoms with E-state index in [0.717, 1.165) is 52.2 Å². The Kier molecular flexibility index (Phi) is 6.86. The second kappa shape index (κ2) is 10.1. The number of nitrogens with one attached hydrogen (secondary N) is 1. The SMILES string of the molecule is C[C@@H]1C[C@H]([C@@H]2NC(=O)OC2(C)C)O[C@H]2[C@H]1[C@@]1(C)CC[C@@]34CC35CCC(OC3CN(C6COC6)CCO3)C(C)(C)[C@@H]5CC[C@H]4[C@]1(C)[C@H]2O. The van der Waals surface area contributed by atoms with Crippen molar-refractivity contribution in [2.75, 3.05) is 32.9 Å². The second-order valence-electron chi connectivity index (χ2n) is 19.3. The van der Waals surface area contributed by atoms with Gasteiger partial charge in [0.15, 0.2) is 6.29 Å². The van der Waals surface area contributed by atoms with Gasteiger partial charge in [-0.25, -0.2) is 4.79 Å². The highest BCUT2D eigenvalue weighted by Gasteiger charge is 2.84. The number of carbonyl (C=O) groups excluding carboxylic acids is 1. The third-order valence-corrected chi connectivity index (χ3v) is 17.0. The Bertz CT molecular complexity index is 1300. The minimum absolute atomic E-state index is 0.0183. The highest BCUT2D eigenvalue weighted by atomic mass is 16.7. The molecule has 3 unspecified atom stereocenters. The van der Waals surface area contributed by atoms with Gasteiger partial charge in [0.05, 0.1) is 62.9 Å². The third kappa shape index (κ3) is 4.02. The van der Waals surface area contributed by atoms with Crippen molar-refractivity contribution < 1.29 is 33.6 Å². The molecule has 9 fully saturated rings. The molecule has 9 nitrogen and oxygen atoms in total. The number of nitrogens with zero attached hydrogens (tertiary/aromatic N) is 1. The Hall–Kier alpha value is -0.970. The number of fused-ring (bicyclic) bond motifs is 4. The predicted octanol–water partition coefficient (Wildman–Crippen LogP) is 5.13. The van der Waals surface area contributed by atoms with Gasteiger partial charge in [0, 0.05) is 12.0 Å². The van der Waals surface area contributed by atoms with Gasteiger partial charge in [-0.15, -0.1) is 0 Å². The average Bonchev–Trinajstić information content (AvgIpc) is 3.50.